The summed E-state index contributed by atoms with van der Waals surface area (Å²) in [4.78, 5) is 107. The first-order valence-corrected chi connectivity index (χ1v) is 34.4. The minimum absolute atomic E-state index is 0.0233. The van der Waals surface area contributed by atoms with Gasteiger partial charge in [-0.2, -0.15) is 0 Å². The Bertz CT molecular complexity index is 3260. The van der Waals surface area contributed by atoms with Crippen LogP contribution in [-0.2, 0) is 35.3 Å². The number of amides is 6. The first-order chi connectivity index (χ1) is 44.4. The summed E-state index contributed by atoms with van der Waals surface area (Å²) in [7, 11) is 0. The molecule has 6 fully saturated rings. The number of thiazole rings is 1. The van der Waals surface area contributed by atoms with Gasteiger partial charge >= 0.3 is 0 Å². The van der Waals surface area contributed by atoms with E-state index in [-0.39, 0.29) is 73.1 Å². The summed E-state index contributed by atoms with van der Waals surface area (Å²) in [5.41, 5.74) is 4.08. The van der Waals surface area contributed by atoms with Crippen molar-refractivity contribution in [2.24, 2.45) is 22.7 Å². The maximum absolute atomic E-state index is 15.7. The number of nitrogens with zero attached hydrogens (tertiary/aromatic N) is 9. The molecule has 93 heavy (non-hydrogen) atoms. The van der Waals surface area contributed by atoms with Crippen LogP contribution in [0.15, 0.2) is 54.3 Å². The predicted octanol–water partition coefficient (Wildman–Crippen LogP) is 5.61. The number of aromatic nitrogens is 3. The van der Waals surface area contributed by atoms with E-state index in [1.165, 1.54) is 23.4 Å². The van der Waals surface area contributed by atoms with Gasteiger partial charge < -0.3 is 61.5 Å². The molecule has 0 unspecified atom stereocenters. The number of benzene rings is 2. The molecule has 6 amide bonds. The van der Waals surface area contributed by atoms with Crippen LogP contribution >= 0.6 is 11.3 Å². The maximum Gasteiger partial charge on any atom is 0.246 e. The summed E-state index contributed by atoms with van der Waals surface area (Å²) in [6.45, 7) is 24.4. The summed E-state index contributed by atoms with van der Waals surface area (Å²) < 4.78 is 31.3. The molecule has 6 atom stereocenters. The van der Waals surface area contributed by atoms with Crippen molar-refractivity contribution >= 4 is 64.1 Å². The number of fused-ring (bicyclic) bond motifs is 1. The monoisotopic (exact) mass is 1310 g/mol. The fraction of sp³-hybridized carbons (Fsp3) is 0.632. The van der Waals surface area contributed by atoms with E-state index in [1.807, 2.05) is 70.5 Å². The fourth-order valence-electron chi connectivity index (χ4n) is 14.2. The largest absolute Gasteiger partial charge is 0.391 e. The van der Waals surface area contributed by atoms with Gasteiger partial charge in [0.2, 0.25) is 35.4 Å². The van der Waals surface area contributed by atoms with Gasteiger partial charge in [0.15, 0.2) is 0 Å². The third-order valence-electron chi connectivity index (χ3n) is 19.9. The number of rotatable bonds is 25. The molecule has 8 heterocycles. The fourth-order valence-corrected chi connectivity index (χ4v) is 15.0. The third kappa shape index (κ3) is 18.1. The molecule has 6 aliphatic heterocycles. The number of anilines is 3. The average Bonchev–Trinajstić information content (AvgIpc) is 1.55. The van der Waals surface area contributed by atoms with Crippen LogP contribution in [-0.4, -0.2) is 204 Å². The summed E-state index contributed by atoms with van der Waals surface area (Å²) in [5, 5.41) is 29.1. The lowest BCUT2D eigenvalue weighted by atomic mass is 9.82. The molecule has 2 aromatic heterocycles. The van der Waals surface area contributed by atoms with Crippen molar-refractivity contribution in [2.75, 3.05) is 120 Å². The Kier molecular flexibility index (Phi) is 22.4. The SMILES string of the molecule is Cc1ncsc1-c1ccc([C@H](C)NC(=O)[C@@H]2C[C@@H](O)CN2C(=O)[C@@H](NC(=O)CCC(=O)NCCCN2C[C@@H]3CN(CCC(=O)NCCCNc4cc(N5CCC6(CC5)CN(c5cc(F)c(CN7CCC(C)(C)CC7)cc5F)CC(=O)N6)ncn4)C[C@@H]3C2)C(C)(C)C)cc1. The third-order valence-corrected chi connectivity index (χ3v) is 20.9. The number of aliphatic hydroxyl groups excluding tert-OH is 1. The number of likely N-dealkylation sites (tertiary alicyclic amines) is 4. The predicted molar refractivity (Wildman–Crippen MR) is 355 cm³/mol. The Balaban J connectivity index is 0.563. The molecule has 0 saturated carbocycles. The van der Waals surface area contributed by atoms with Crippen LogP contribution < -0.4 is 41.7 Å². The van der Waals surface area contributed by atoms with E-state index in [2.05, 4.69) is 80.3 Å². The van der Waals surface area contributed by atoms with Crippen LogP contribution in [0.4, 0.5) is 26.1 Å². The van der Waals surface area contributed by atoms with Crippen molar-refractivity contribution in [1.29, 1.82) is 0 Å². The van der Waals surface area contributed by atoms with Crippen molar-refractivity contribution in [1.82, 2.24) is 61.1 Å². The molecular weight excluding hydrogens is 1210 g/mol. The lowest BCUT2D eigenvalue weighted by Crippen LogP contribution is -2.66. The van der Waals surface area contributed by atoms with Gasteiger partial charge in [0.05, 0.1) is 46.0 Å². The second-order valence-corrected chi connectivity index (χ2v) is 29.6. The van der Waals surface area contributed by atoms with Gasteiger partial charge in [-0.3, -0.25) is 33.7 Å². The molecule has 22 nitrogen and oxygen atoms in total. The molecule has 6 aliphatic rings. The van der Waals surface area contributed by atoms with E-state index in [9.17, 15) is 33.9 Å². The lowest BCUT2D eigenvalue weighted by Gasteiger charge is -2.48. The number of piperazine rings is 1. The number of hydrogen-bond donors (Lipinski definition) is 7. The van der Waals surface area contributed by atoms with Gasteiger partial charge in [0.25, 0.3) is 0 Å². The highest BCUT2D eigenvalue weighted by molar-refractivity contribution is 7.13. The number of carbonyl (C=O) groups is 6. The summed E-state index contributed by atoms with van der Waals surface area (Å²) >= 11 is 1.57. The standard InChI is InChI=1S/C68H97F2N15O7S/c1-44(46-10-12-47(13-11-46)62-45(2)76-43-93-62)77-64(91)55-31-51(86)39-85(55)65(92)63(66(3,4)5)78-60(89)15-14-58(87)73-23-9-24-81-35-49-37-82(38-50(49)36-81)25-16-59(88)72-22-8-21-71-56-33-57(75-42-74-56)83-28-19-68(20-29-83)41-84(40-61(90)79-68)54-32-52(69)48(30-53(54)70)34-80-26-17-67(6,7)18-27-80/h10-13,30,32-33,42-44,49-51,55,63,86H,8-9,14-29,31,34-41H2,1-7H3,(H,72,88)(H,73,87)(H,77,91)(H,78,89)(H,79,90)(H,71,74,75)/t44-,49-,50+,51+,55-,63+/m0/s1. The Morgan fingerprint density at radius 2 is 1.43 bits per heavy atom. The highest BCUT2D eigenvalue weighted by atomic mass is 32.1. The minimum Gasteiger partial charge on any atom is -0.391 e. The van der Waals surface area contributed by atoms with E-state index >= 15 is 8.78 Å². The van der Waals surface area contributed by atoms with Crippen molar-refractivity contribution < 1.29 is 42.7 Å². The Morgan fingerprint density at radius 1 is 0.763 bits per heavy atom. The van der Waals surface area contributed by atoms with Crippen molar-refractivity contribution in [3.63, 3.8) is 0 Å². The first-order valence-electron chi connectivity index (χ1n) is 33.5. The van der Waals surface area contributed by atoms with Crippen molar-refractivity contribution in [2.45, 2.75) is 149 Å². The molecule has 4 aromatic rings. The summed E-state index contributed by atoms with van der Waals surface area (Å²) in [6.07, 6.45) is 5.68. The highest BCUT2D eigenvalue weighted by Gasteiger charge is 2.46. The topological polar surface area (TPSA) is 253 Å². The number of carbonyl (C=O) groups excluding carboxylic acids is 6. The van der Waals surface area contributed by atoms with Crippen molar-refractivity contribution in [3.05, 3.63) is 82.8 Å². The van der Waals surface area contributed by atoms with E-state index in [0.29, 0.717) is 101 Å². The Morgan fingerprint density at radius 3 is 2.11 bits per heavy atom. The molecular formula is C68H97F2N15O7S. The molecule has 0 aliphatic carbocycles. The van der Waals surface area contributed by atoms with Crippen molar-refractivity contribution in [3.8, 4) is 10.4 Å². The number of β-amino-alcohol motifs (C(OH)–C–C–N with tert-alkyl or cyclic N) is 1. The average molecular weight is 1310 g/mol. The maximum atomic E-state index is 15.7. The number of aliphatic hydroxyl groups is 1. The van der Waals surface area contributed by atoms with Gasteiger partial charge in [0.1, 0.15) is 41.7 Å². The second-order valence-electron chi connectivity index (χ2n) is 28.8. The van der Waals surface area contributed by atoms with Crippen LogP contribution in [0.5, 0.6) is 0 Å². The molecule has 2 aromatic carbocycles. The van der Waals surface area contributed by atoms with Gasteiger partial charge in [-0.25, -0.2) is 23.7 Å². The quantitative estimate of drug-likeness (QED) is 0.0398. The normalized spacial score (nSPS) is 22.3. The van der Waals surface area contributed by atoms with Gasteiger partial charge in [-0.1, -0.05) is 58.9 Å². The summed E-state index contributed by atoms with van der Waals surface area (Å²) in [6, 6.07) is 10.1. The zero-order valence-electron chi connectivity index (χ0n) is 55.3. The highest BCUT2D eigenvalue weighted by Crippen LogP contribution is 2.36. The van der Waals surface area contributed by atoms with Gasteiger partial charge in [-0.05, 0) is 112 Å². The number of aryl methyl sites for hydroxylation is 1. The molecule has 6 saturated heterocycles. The van der Waals surface area contributed by atoms with Gasteiger partial charge in [-0.15, -0.1) is 11.3 Å². The van der Waals surface area contributed by atoms with Crippen LogP contribution in [0.1, 0.15) is 129 Å². The number of halogens is 2. The smallest absolute Gasteiger partial charge is 0.246 e. The Hall–Kier alpha value is -6.93. The molecule has 1 spiro atoms. The molecule has 0 radical (unpaired) electrons. The first kappa shape index (κ1) is 68.9. The van der Waals surface area contributed by atoms with Gasteiger partial charge in [0, 0.05) is 128 Å². The number of piperidine rings is 2. The second kappa shape index (κ2) is 30.2. The molecule has 10 rings (SSSR count). The number of nitrogens with one attached hydrogen (secondary N) is 6. The molecule has 0 bridgehead atoms. The molecule has 506 valence electrons. The lowest BCUT2D eigenvalue weighted by molar-refractivity contribution is -0.144. The minimum atomic E-state index is -1.000. The van der Waals surface area contributed by atoms with Crippen LogP contribution in [0.3, 0.4) is 0 Å². The zero-order valence-corrected chi connectivity index (χ0v) is 56.2. The van der Waals surface area contributed by atoms with E-state index in [1.54, 1.807) is 16.2 Å². The van der Waals surface area contributed by atoms with Crippen LogP contribution in [0.25, 0.3) is 10.4 Å². The van der Waals surface area contributed by atoms with E-state index in [4.69, 9.17) is 0 Å². The van der Waals surface area contributed by atoms with E-state index < -0.39 is 52.6 Å². The molecule has 7 N–H and O–H groups in total. The molecule has 25 heteroatoms. The number of hydrogen-bond acceptors (Lipinski definition) is 17. The van der Waals surface area contributed by atoms with Crippen LogP contribution in [0, 0.1) is 41.2 Å². The summed E-state index contributed by atoms with van der Waals surface area (Å²) in [5.74, 6) is -0.211. The van der Waals surface area contributed by atoms with Crippen LogP contribution in [0.2, 0.25) is 0 Å². The Labute approximate surface area is 550 Å². The zero-order chi connectivity index (χ0) is 66.2. The van der Waals surface area contributed by atoms with E-state index in [0.717, 1.165) is 92.6 Å².